The Morgan fingerprint density at radius 1 is 0.680 bits per heavy atom. The lowest BCUT2D eigenvalue weighted by Gasteiger charge is -2.56. The number of hydrogen-bond donors (Lipinski definition) is 0. The van der Waals surface area contributed by atoms with E-state index in [1.54, 1.807) is 0 Å². The summed E-state index contributed by atoms with van der Waals surface area (Å²) >= 11 is 0. The fourth-order valence-corrected chi connectivity index (χ4v) is 9.52. The molecule has 1 aliphatic heterocycles. The first kappa shape index (κ1) is 40.6. The molecule has 5 fully saturated rings. The fraction of sp³-hybridized carbons (Fsp3) is 0.837. The van der Waals surface area contributed by atoms with Crippen LogP contribution in [0.15, 0.2) is 24.3 Å². The number of carbonyl (C=O) groups is 3. The van der Waals surface area contributed by atoms with Crippen molar-refractivity contribution in [2.75, 3.05) is 39.5 Å². The molecule has 5 rings (SSSR count). The highest BCUT2D eigenvalue weighted by Crippen LogP contribution is 2.61. The largest absolute Gasteiger partial charge is 0.466 e. The van der Waals surface area contributed by atoms with Crippen LogP contribution in [0.2, 0.25) is 0 Å². The summed E-state index contributed by atoms with van der Waals surface area (Å²) in [4.78, 5) is 40.5. The monoisotopic (exact) mass is 698 g/mol. The Morgan fingerprint density at radius 3 is 1.90 bits per heavy atom. The van der Waals surface area contributed by atoms with Gasteiger partial charge in [0.15, 0.2) is 0 Å². The first-order chi connectivity index (χ1) is 24.4. The third-order valence-electron chi connectivity index (χ3n) is 11.8. The Kier molecular flexibility index (Phi) is 19.0. The third kappa shape index (κ3) is 16.0. The van der Waals surface area contributed by atoms with Crippen molar-refractivity contribution < 1.29 is 28.6 Å². The van der Waals surface area contributed by atoms with Crippen LogP contribution in [0.1, 0.15) is 161 Å². The average Bonchev–Trinajstić information content (AvgIpc) is 3.60. The third-order valence-corrected chi connectivity index (χ3v) is 11.8. The Bertz CT molecular complexity index is 1010. The zero-order valence-corrected chi connectivity index (χ0v) is 31.7. The minimum absolute atomic E-state index is 0.118. The van der Waals surface area contributed by atoms with Gasteiger partial charge in [-0.3, -0.25) is 14.4 Å². The van der Waals surface area contributed by atoms with Crippen molar-refractivity contribution in [2.24, 2.45) is 29.1 Å². The molecule has 0 amide bonds. The second-order valence-corrected chi connectivity index (χ2v) is 16.5. The highest BCUT2D eigenvalue weighted by atomic mass is 16.5. The smallest absolute Gasteiger partial charge is 0.306 e. The van der Waals surface area contributed by atoms with Gasteiger partial charge in [0, 0.05) is 18.8 Å². The summed E-state index contributed by atoms with van der Waals surface area (Å²) in [7, 11) is 0. The zero-order valence-electron chi connectivity index (χ0n) is 31.7. The summed E-state index contributed by atoms with van der Waals surface area (Å²) in [6.07, 6.45) is 34.5. The van der Waals surface area contributed by atoms with Crippen LogP contribution in [0.25, 0.3) is 0 Å². The van der Waals surface area contributed by atoms with Crippen molar-refractivity contribution in [3.8, 4) is 0 Å². The predicted molar refractivity (Wildman–Crippen MR) is 200 cm³/mol. The van der Waals surface area contributed by atoms with E-state index in [0.717, 1.165) is 75.9 Å². The summed E-state index contributed by atoms with van der Waals surface area (Å²) in [6.45, 7) is 6.10. The lowest BCUT2D eigenvalue weighted by Crippen LogP contribution is -2.47. The maximum absolute atomic E-state index is 13.1. The topological polar surface area (TPSA) is 82.1 Å². The molecule has 1 atom stereocenters. The number of hydrogen-bond acceptors (Lipinski definition) is 7. The van der Waals surface area contributed by atoms with Gasteiger partial charge in [-0.1, -0.05) is 63.3 Å². The molecule has 1 saturated heterocycles. The zero-order chi connectivity index (χ0) is 35.3. The average molecular weight is 698 g/mol. The van der Waals surface area contributed by atoms with Gasteiger partial charge < -0.3 is 19.1 Å². The minimum Gasteiger partial charge on any atom is -0.466 e. The number of esters is 3. The van der Waals surface area contributed by atoms with E-state index in [0.29, 0.717) is 25.7 Å². The van der Waals surface area contributed by atoms with Gasteiger partial charge in [-0.2, -0.15) is 0 Å². The van der Waals surface area contributed by atoms with Crippen LogP contribution in [0.5, 0.6) is 0 Å². The Balaban J connectivity index is 1.08. The highest BCUT2D eigenvalue weighted by Gasteiger charge is 2.51. The summed E-state index contributed by atoms with van der Waals surface area (Å²) in [5.41, 5.74) is 0.139. The highest BCUT2D eigenvalue weighted by molar-refractivity contribution is 5.71. The van der Waals surface area contributed by atoms with Gasteiger partial charge in [-0.05, 0) is 146 Å². The van der Waals surface area contributed by atoms with Crippen LogP contribution in [0.3, 0.4) is 0 Å². The molecule has 0 N–H and O–H groups in total. The predicted octanol–water partition coefficient (Wildman–Crippen LogP) is 9.92. The quantitative estimate of drug-likeness (QED) is 0.0366. The van der Waals surface area contributed by atoms with E-state index in [1.165, 1.54) is 89.9 Å². The van der Waals surface area contributed by atoms with E-state index >= 15 is 0 Å². The normalized spacial score (nSPS) is 25.1. The van der Waals surface area contributed by atoms with E-state index < -0.39 is 0 Å². The molecule has 4 aliphatic carbocycles. The lowest BCUT2D eigenvalue weighted by atomic mass is 9.49. The first-order valence-corrected chi connectivity index (χ1v) is 20.9. The minimum atomic E-state index is -0.195. The van der Waals surface area contributed by atoms with Gasteiger partial charge in [0.05, 0.1) is 26.2 Å². The molecule has 1 heterocycles. The molecule has 7 heteroatoms. The van der Waals surface area contributed by atoms with E-state index in [1.807, 2.05) is 0 Å². The number of allylic oxidation sites excluding steroid dienone is 4. The van der Waals surface area contributed by atoms with Crippen LogP contribution in [-0.4, -0.2) is 62.3 Å². The molecule has 50 heavy (non-hydrogen) atoms. The van der Waals surface area contributed by atoms with Crippen molar-refractivity contribution in [1.82, 2.24) is 4.90 Å². The molecular formula is C43H71NO6. The molecule has 1 unspecified atom stereocenters. The standard InChI is InChI=1S/C43H71NO6/c1-2-3-4-5-6-7-8-9-10-11-12-13-14-15-16-20-41(46)49-34-36(22-26-48-40(45)21-19-25-44-23-17-18-24-44)35-50-42(47)33-43-30-37-27-38(31-43)29-39(28-37)32-43/h6-7,9-10,36-39H,2-5,8,11-35H2,1H3/b7-6-,10-9-. The molecule has 0 radical (unpaired) electrons. The maximum Gasteiger partial charge on any atom is 0.306 e. The Labute approximate surface area is 304 Å². The van der Waals surface area contributed by atoms with Crippen molar-refractivity contribution in [2.45, 2.75) is 161 Å². The summed E-state index contributed by atoms with van der Waals surface area (Å²) in [5, 5.41) is 0. The molecule has 7 nitrogen and oxygen atoms in total. The number of unbranched alkanes of at least 4 members (excludes halogenated alkanes) is 8. The van der Waals surface area contributed by atoms with Crippen LogP contribution >= 0.6 is 0 Å². The molecule has 4 saturated carbocycles. The molecule has 0 aromatic rings. The summed E-state index contributed by atoms with van der Waals surface area (Å²) < 4.78 is 17.1. The second-order valence-electron chi connectivity index (χ2n) is 16.5. The Hall–Kier alpha value is -2.15. The molecule has 4 bridgehead atoms. The maximum atomic E-state index is 13.1. The van der Waals surface area contributed by atoms with E-state index in [-0.39, 0.29) is 49.1 Å². The van der Waals surface area contributed by atoms with E-state index in [4.69, 9.17) is 14.2 Å². The van der Waals surface area contributed by atoms with E-state index in [9.17, 15) is 14.4 Å². The van der Waals surface area contributed by atoms with Gasteiger partial charge in [-0.15, -0.1) is 0 Å². The van der Waals surface area contributed by atoms with Crippen LogP contribution in [0, 0.1) is 29.1 Å². The van der Waals surface area contributed by atoms with Crippen molar-refractivity contribution in [3.63, 3.8) is 0 Å². The molecule has 5 aliphatic rings. The molecule has 284 valence electrons. The Morgan fingerprint density at radius 2 is 1.24 bits per heavy atom. The molecular weight excluding hydrogens is 626 g/mol. The van der Waals surface area contributed by atoms with Crippen LogP contribution < -0.4 is 0 Å². The number of carbonyl (C=O) groups excluding carboxylic acids is 3. The summed E-state index contributed by atoms with van der Waals surface area (Å²) in [6, 6.07) is 0. The number of ether oxygens (including phenoxy) is 3. The lowest BCUT2D eigenvalue weighted by molar-refractivity contribution is -0.156. The number of nitrogens with zero attached hydrogens (tertiary/aromatic N) is 1. The van der Waals surface area contributed by atoms with Gasteiger partial charge in [0.25, 0.3) is 0 Å². The van der Waals surface area contributed by atoms with Crippen LogP contribution in [0.4, 0.5) is 0 Å². The molecule has 0 aromatic carbocycles. The van der Waals surface area contributed by atoms with Crippen molar-refractivity contribution in [3.05, 3.63) is 24.3 Å². The van der Waals surface area contributed by atoms with Crippen LogP contribution in [-0.2, 0) is 28.6 Å². The van der Waals surface area contributed by atoms with E-state index in [2.05, 4.69) is 36.1 Å². The van der Waals surface area contributed by atoms with Gasteiger partial charge in [-0.25, -0.2) is 0 Å². The van der Waals surface area contributed by atoms with Gasteiger partial charge >= 0.3 is 17.9 Å². The van der Waals surface area contributed by atoms with Crippen molar-refractivity contribution in [1.29, 1.82) is 0 Å². The molecule has 0 aromatic heterocycles. The van der Waals surface area contributed by atoms with Gasteiger partial charge in [0.1, 0.15) is 0 Å². The first-order valence-electron chi connectivity index (χ1n) is 20.9. The number of likely N-dealkylation sites (tertiary alicyclic amines) is 1. The SMILES string of the molecule is CCCCC/C=C\C/C=C\CCCCCCCC(=O)OCC(CCOC(=O)CCCN1CCCC1)COC(=O)CC12CC3CC(CC(C3)C1)C2. The molecule has 0 spiro atoms. The fourth-order valence-electron chi connectivity index (χ4n) is 9.52. The number of rotatable bonds is 27. The van der Waals surface area contributed by atoms with Gasteiger partial charge in [0.2, 0.25) is 0 Å². The van der Waals surface area contributed by atoms with Crippen molar-refractivity contribution >= 4 is 17.9 Å². The summed E-state index contributed by atoms with van der Waals surface area (Å²) in [5.74, 6) is 1.72. The second kappa shape index (κ2) is 23.4.